The second-order valence-corrected chi connectivity index (χ2v) is 8.12. The van der Waals surface area contributed by atoms with Crippen molar-refractivity contribution in [2.24, 2.45) is 0 Å². The first kappa shape index (κ1) is 19.1. The summed E-state index contributed by atoms with van der Waals surface area (Å²) in [5.41, 5.74) is 2.44. The molecule has 2 rings (SSSR count). The van der Waals surface area contributed by atoms with Crippen LogP contribution in [0.1, 0.15) is 35.3 Å². The minimum atomic E-state index is -3.27. The van der Waals surface area contributed by atoms with Crippen molar-refractivity contribution in [3.8, 4) is 0 Å². The van der Waals surface area contributed by atoms with Gasteiger partial charge in [0.15, 0.2) is 9.84 Å². The maximum Gasteiger partial charge on any atom is 0.251 e. The number of hydrogen-bond donors (Lipinski definition) is 1. The van der Waals surface area contributed by atoms with Crippen LogP contribution in [-0.2, 0) is 27.7 Å². The number of nitrogens with one attached hydrogen (secondary N) is 1. The van der Waals surface area contributed by atoms with E-state index in [1.165, 1.54) is 24.3 Å². The second-order valence-electron chi connectivity index (χ2n) is 6.11. The van der Waals surface area contributed by atoms with Gasteiger partial charge < -0.3 is 10.1 Å². The topological polar surface area (TPSA) is 72.5 Å². The second kappa shape index (κ2) is 8.27. The van der Waals surface area contributed by atoms with Crippen LogP contribution in [0.25, 0.3) is 0 Å². The van der Waals surface area contributed by atoms with E-state index in [0.717, 1.165) is 17.4 Å². The molecule has 0 fully saturated rings. The van der Waals surface area contributed by atoms with Crippen molar-refractivity contribution in [2.45, 2.75) is 38.0 Å². The van der Waals surface area contributed by atoms with Gasteiger partial charge in [0.05, 0.1) is 17.6 Å². The summed E-state index contributed by atoms with van der Waals surface area (Å²) in [6, 6.07) is 13.7. The highest BCUT2D eigenvalue weighted by Gasteiger charge is 2.11. The Morgan fingerprint density at radius 1 is 1.04 bits per heavy atom. The lowest BCUT2D eigenvalue weighted by Gasteiger charge is -2.13. The van der Waals surface area contributed by atoms with Crippen LogP contribution >= 0.6 is 0 Å². The lowest BCUT2D eigenvalue weighted by atomic mass is 10.1. The van der Waals surface area contributed by atoms with Gasteiger partial charge in [-0.05, 0) is 49.2 Å². The van der Waals surface area contributed by atoms with Gasteiger partial charge in [0, 0.05) is 18.4 Å². The fourth-order valence-corrected chi connectivity index (χ4v) is 2.89. The molecule has 0 saturated heterocycles. The monoisotopic (exact) mass is 361 g/mol. The number of carbonyl (C=O) groups is 1. The first-order valence-corrected chi connectivity index (χ1v) is 9.93. The van der Waals surface area contributed by atoms with E-state index in [0.29, 0.717) is 18.7 Å². The van der Waals surface area contributed by atoms with Gasteiger partial charge in [-0.25, -0.2) is 8.42 Å². The Bertz CT molecular complexity index is 827. The molecule has 0 unspecified atom stereocenters. The molecule has 5 nitrogen and oxygen atoms in total. The average molecular weight is 361 g/mol. The molecular formula is C19H23NO4S. The molecule has 2 aromatic carbocycles. The SMILES string of the molecule is CC(C)OCc1ccccc1CNC(=O)c1ccc(S(C)(=O)=O)cc1. The Balaban J connectivity index is 2.03. The molecule has 1 amide bonds. The zero-order valence-electron chi connectivity index (χ0n) is 14.7. The van der Waals surface area contributed by atoms with E-state index in [2.05, 4.69) is 5.32 Å². The predicted molar refractivity (Wildman–Crippen MR) is 97.1 cm³/mol. The van der Waals surface area contributed by atoms with E-state index in [1.807, 2.05) is 38.1 Å². The molecular weight excluding hydrogens is 338 g/mol. The van der Waals surface area contributed by atoms with E-state index < -0.39 is 9.84 Å². The van der Waals surface area contributed by atoms with Crippen molar-refractivity contribution in [3.05, 3.63) is 65.2 Å². The lowest BCUT2D eigenvalue weighted by Crippen LogP contribution is -2.23. The first-order chi connectivity index (χ1) is 11.8. The van der Waals surface area contributed by atoms with Crippen LogP contribution in [0.3, 0.4) is 0 Å². The molecule has 0 aromatic heterocycles. The largest absolute Gasteiger partial charge is 0.374 e. The molecule has 0 aliphatic heterocycles. The van der Waals surface area contributed by atoms with Gasteiger partial charge in [0.2, 0.25) is 0 Å². The van der Waals surface area contributed by atoms with E-state index in [9.17, 15) is 13.2 Å². The quantitative estimate of drug-likeness (QED) is 0.823. The van der Waals surface area contributed by atoms with Gasteiger partial charge in [0.1, 0.15) is 0 Å². The number of carbonyl (C=O) groups excluding carboxylic acids is 1. The van der Waals surface area contributed by atoms with Crippen molar-refractivity contribution < 1.29 is 17.9 Å². The zero-order chi connectivity index (χ0) is 18.4. The van der Waals surface area contributed by atoms with Crippen molar-refractivity contribution in [1.29, 1.82) is 0 Å². The molecule has 1 N–H and O–H groups in total. The normalized spacial score (nSPS) is 11.5. The number of benzene rings is 2. The van der Waals surface area contributed by atoms with E-state index in [1.54, 1.807) is 0 Å². The number of ether oxygens (including phenoxy) is 1. The van der Waals surface area contributed by atoms with E-state index in [4.69, 9.17) is 4.74 Å². The molecule has 25 heavy (non-hydrogen) atoms. The predicted octanol–water partition coefficient (Wildman–Crippen LogP) is 2.95. The number of hydrogen-bond acceptors (Lipinski definition) is 4. The van der Waals surface area contributed by atoms with Gasteiger partial charge in [-0.2, -0.15) is 0 Å². The standard InChI is InChI=1S/C19H23NO4S/c1-14(2)24-13-17-7-5-4-6-16(17)12-20-19(21)15-8-10-18(11-9-15)25(3,22)23/h4-11,14H,12-13H2,1-3H3,(H,20,21). The molecule has 134 valence electrons. The highest BCUT2D eigenvalue weighted by molar-refractivity contribution is 7.90. The minimum absolute atomic E-state index is 0.135. The third-order valence-corrected chi connectivity index (χ3v) is 4.80. The highest BCUT2D eigenvalue weighted by atomic mass is 32.2. The highest BCUT2D eigenvalue weighted by Crippen LogP contribution is 2.13. The third-order valence-electron chi connectivity index (χ3n) is 3.67. The summed E-state index contributed by atoms with van der Waals surface area (Å²) in [6.45, 7) is 4.83. The van der Waals surface area contributed by atoms with E-state index in [-0.39, 0.29) is 16.9 Å². The molecule has 6 heteroatoms. The molecule has 0 heterocycles. The summed E-state index contributed by atoms with van der Waals surface area (Å²) in [7, 11) is -3.27. The number of amides is 1. The van der Waals surface area contributed by atoms with Gasteiger partial charge in [-0.15, -0.1) is 0 Å². The van der Waals surface area contributed by atoms with Gasteiger partial charge in [-0.3, -0.25) is 4.79 Å². The summed E-state index contributed by atoms with van der Waals surface area (Å²) in [5.74, 6) is -0.250. The smallest absolute Gasteiger partial charge is 0.251 e. The molecule has 0 aliphatic rings. The first-order valence-electron chi connectivity index (χ1n) is 8.04. The maximum atomic E-state index is 12.3. The van der Waals surface area contributed by atoms with Crippen LogP contribution < -0.4 is 5.32 Å². The Morgan fingerprint density at radius 3 is 2.20 bits per heavy atom. The van der Waals surface area contributed by atoms with Crippen LogP contribution in [-0.4, -0.2) is 26.7 Å². The van der Waals surface area contributed by atoms with Crippen LogP contribution in [0.2, 0.25) is 0 Å². The fraction of sp³-hybridized carbons (Fsp3) is 0.316. The summed E-state index contributed by atoms with van der Waals surface area (Å²) >= 11 is 0. The summed E-state index contributed by atoms with van der Waals surface area (Å²) in [4.78, 5) is 12.5. The van der Waals surface area contributed by atoms with Crippen molar-refractivity contribution in [2.75, 3.05) is 6.26 Å². The van der Waals surface area contributed by atoms with Crippen LogP contribution in [0, 0.1) is 0 Å². The third kappa shape index (κ3) is 5.69. The summed E-state index contributed by atoms with van der Waals surface area (Å²) in [5, 5.41) is 2.86. The molecule has 0 spiro atoms. The van der Waals surface area contributed by atoms with Crippen LogP contribution in [0.5, 0.6) is 0 Å². The van der Waals surface area contributed by atoms with Gasteiger partial charge in [0.25, 0.3) is 5.91 Å². The number of rotatable bonds is 7. The van der Waals surface area contributed by atoms with Crippen LogP contribution in [0.15, 0.2) is 53.4 Å². The summed E-state index contributed by atoms with van der Waals surface area (Å²) in [6.07, 6.45) is 1.27. The molecule has 0 saturated carbocycles. The number of sulfone groups is 1. The fourth-order valence-electron chi connectivity index (χ4n) is 2.26. The summed E-state index contributed by atoms with van der Waals surface area (Å²) < 4.78 is 28.6. The Morgan fingerprint density at radius 2 is 1.64 bits per heavy atom. The Kier molecular flexibility index (Phi) is 6.33. The molecule has 0 aliphatic carbocycles. The molecule has 0 atom stereocenters. The average Bonchev–Trinajstić information content (AvgIpc) is 2.57. The van der Waals surface area contributed by atoms with Crippen molar-refractivity contribution in [1.82, 2.24) is 5.32 Å². The van der Waals surface area contributed by atoms with Gasteiger partial charge >= 0.3 is 0 Å². The molecule has 2 aromatic rings. The molecule has 0 bridgehead atoms. The minimum Gasteiger partial charge on any atom is -0.374 e. The maximum absolute atomic E-state index is 12.3. The Labute approximate surface area is 148 Å². The molecule has 0 radical (unpaired) electrons. The van der Waals surface area contributed by atoms with E-state index >= 15 is 0 Å². The Hall–Kier alpha value is -2.18. The zero-order valence-corrected chi connectivity index (χ0v) is 15.5. The van der Waals surface area contributed by atoms with Gasteiger partial charge in [-0.1, -0.05) is 24.3 Å². The van der Waals surface area contributed by atoms with Crippen molar-refractivity contribution >= 4 is 15.7 Å². The lowest BCUT2D eigenvalue weighted by molar-refractivity contribution is 0.0651. The van der Waals surface area contributed by atoms with Crippen LogP contribution in [0.4, 0.5) is 0 Å². The van der Waals surface area contributed by atoms with Crippen molar-refractivity contribution in [3.63, 3.8) is 0 Å².